The van der Waals surface area contributed by atoms with Crippen LogP contribution in [0, 0.1) is 0 Å². The Morgan fingerprint density at radius 1 is 1.30 bits per heavy atom. The molecule has 4 heteroatoms. The number of halogens is 2. The number of thiophene rings is 1. The molecular weight excluding hydrogens is 343 g/mol. The molecule has 2 aromatic heterocycles. The van der Waals surface area contributed by atoms with Crippen molar-refractivity contribution in [3.05, 3.63) is 19.3 Å². The molecule has 0 bridgehead atoms. The first-order chi connectivity index (χ1) is 4.75. The van der Waals surface area contributed by atoms with Crippen LogP contribution in [0.3, 0.4) is 0 Å². The molecule has 10 heavy (non-hydrogen) atoms. The summed E-state index contributed by atoms with van der Waals surface area (Å²) in [5.41, 5.74) is 0. The SMILES string of the molecule is Brc1cc2[se]c(Br)cc2s1. The third kappa shape index (κ3) is 1.28. The predicted octanol–water partition coefficient (Wildman–Crippen LogP) is 3.48. The van der Waals surface area contributed by atoms with Gasteiger partial charge >= 0.3 is 85.9 Å². The van der Waals surface area contributed by atoms with Crippen LogP contribution in [-0.4, -0.2) is 14.5 Å². The summed E-state index contributed by atoms with van der Waals surface area (Å²) in [6.07, 6.45) is 0. The zero-order chi connectivity index (χ0) is 7.14. The van der Waals surface area contributed by atoms with E-state index >= 15 is 0 Å². The molecule has 0 spiro atoms. The normalized spacial score (nSPS) is 11.0. The van der Waals surface area contributed by atoms with E-state index in [-0.39, 0.29) is 0 Å². The van der Waals surface area contributed by atoms with E-state index in [0.29, 0.717) is 14.5 Å². The van der Waals surface area contributed by atoms with Gasteiger partial charge in [-0.05, 0) is 0 Å². The fourth-order valence-corrected chi connectivity index (χ4v) is 6.21. The van der Waals surface area contributed by atoms with Crippen molar-refractivity contribution in [2.24, 2.45) is 0 Å². The van der Waals surface area contributed by atoms with Crippen molar-refractivity contribution in [2.75, 3.05) is 0 Å². The van der Waals surface area contributed by atoms with Gasteiger partial charge in [-0.1, -0.05) is 0 Å². The standard InChI is InChI=1S/C6H2Br2SSe/c7-5-2-4-3(9-5)1-6(8)10-4/h1-2H. The van der Waals surface area contributed by atoms with Crippen molar-refractivity contribution in [3.8, 4) is 0 Å². The summed E-state index contributed by atoms with van der Waals surface area (Å²) in [4.78, 5) is 0. The quantitative estimate of drug-likeness (QED) is 0.642. The molecule has 0 aliphatic carbocycles. The van der Waals surface area contributed by atoms with Crippen molar-refractivity contribution in [1.82, 2.24) is 0 Å². The minimum absolute atomic E-state index is 0.540. The van der Waals surface area contributed by atoms with Gasteiger partial charge in [0.15, 0.2) is 0 Å². The summed E-state index contributed by atoms with van der Waals surface area (Å²) < 4.78 is 5.51. The number of hydrogen-bond acceptors (Lipinski definition) is 1. The first-order valence-corrected chi connectivity index (χ1v) is 6.71. The van der Waals surface area contributed by atoms with Gasteiger partial charge in [0.25, 0.3) is 0 Å². The Morgan fingerprint density at radius 2 is 2.10 bits per heavy atom. The van der Waals surface area contributed by atoms with Crippen LogP contribution in [-0.2, 0) is 0 Å². The van der Waals surface area contributed by atoms with E-state index in [9.17, 15) is 0 Å². The van der Waals surface area contributed by atoms with E-state index in [4.69, 9.17) is 0 Å². The molecule has 0 aliphatic heterocycles. The zero-order valence-corrected chi connectivity index (χ0v) is 10.4. The zero-order valence-electron chi connectivity index (χ0n) is 4.73. The van der Waals surface area contributed by atoms with Crippen LogP contribution in [0.25, 0.3) is 8.96 Å². The van der Waals surface area contributed by atoms with E-state index in [0.717, 1.165) is 0 Å². The first kappa shape index (κ1) is 7.56. The Balaban J connectivity index is 2.83. The summed E-state index contributed by atoms with van der Waals surface area (Å²) in [6.45, 7) is 0. The van der Waals surface area contributed by atoms with Crippen LogP contribution in [0.5, 0.6) is 0 Å². The van der Waals surface area contributed by atoms with Crippen molar-refractivity contribution >= 4 is 66.7 Å². The summed E-state index contributed by atoms with van der Waals surface area (Å²) in [5.74, 6) is 0. The fourth-order valence-electron chi connectivity index (χ4n) is 0.777. The second-order valence-electron chi connectivity index (χ2n) is 1.83. The number of rotatable bonds is 0. The maximum absolute atomic E-state index is 3.50. The Labute approximate surface area is 85.2 Å². The average molecular weight is 345 g/mol. The van der Waals surface area contributed by atoms with E-state index in [2.05, 4.69) is 44.0 Å². The third-order valence-electron chi connectivity index (χ3n) is 1.15. The molecule has 0 radical (unpaired) electrons. The van der Waals surface area contributed by atoms with Gasteiger partial charge in [0.2, 0.25) is 0 Å². The Bertz CT molecular complexity index is 300. The van der Waals surface area contributed by atoms with Gasteiger partial charge in [-0.25, -0.2) is 0 Å². The molecule has 0 saturated heterocycles. The van der Waals surface area contributed by atoms with Gasteiger partial charge < -0.3 is 0 Å². The second kappa shape index (κ2) is 2.76. The van der Waals surface area contributed by atoms with Crippen LogP contribution in [0.1, 0.15) is 0 Å². The van der Waals surface area contributed by atoms with Crippen LogP contribution in [0.2, 0.25) is 0 Å². The van der Waals surface area contributed by atoms with Crippen molar-refractivity contribution < 1.29 is 0 Å². The molecule has 0 amide bonds. The third-order valence-corrected chi connectivity index (χ3v) is 5.92. The Morgan fingerprint density at radius 3 is 2.80 bits per heavy atom. The molecule has 2 heterocycles. The van der Waals surface area contributed by atoms with Crippen LogP contribution in [0.15, 0.2) is 19.3 Å². The van der Waals surface area contributed by atoms with E-state index in [1.54, 1.807) is 11.3 Å². The first-order valence-electron chi connectivity index (χ1n) is 2.60. The summed E-state index contributed by atoms with van der Waals surface area (Å²) in [5, 5.41) is 0. The molecule has 0 unspecified atom stereocenters. The van der Waals surface area contributed by atoms with E-state index in [1.807, 2.05) is 0 Å². The molecule has 0 atom stereocenters. The molecule has 0 aromatic carbocycles. The van der Waals surface area contributed by atoms with Gasteiger partial charge in [-0.2, -0.15) is 0 Å². The second-order valence-corrected chi connectivity index (χ2v) is 8.60. The minimum atomic E-state index is 0.540. The molecule has 0 aliphatic rings. The van der Waals surface area contributed by atoms with Gasteiger partial charge in [0.05, 0.1) is 0 Å². The maximum atomic E-state index is 3.50. The Hall–Kier alpha value is 0.919. The van der Waals surface area contributed by atoms with Crippen molar-refractivity contribution in [3.63, 3.8) is 0 Å². The van der Waals surface area contributed by atoms with Gasteiger partial charge in [-0.3, -0.25) is 0 Å². The predicted molar refractivity (Wildman–Crippen MR) is 54.2 cm³/mol. The van der Waals surface area contributed by atoms with Gasteiger partial charge in [0, 0.05) is 0 Å². The number of fused-ring (bicyclic) bond motifs is 1. The molecule has 52 valence electrons. The molecule has 0 nitrogen and oxygen atoms in total. The molecule has 0 saturated carbocycles. The van der Waals surface area contributed by atoms with Crippen molar-refractivity contribution in [2.45, 2.75) is 0 Å². The molecule has 2 aromatic rings. The van der Waals surface area contributed by atoms with Crippen LogP contribution < -0.4 is 0 Å². The number of hydrogen-bond donors (Lipinski definition) is 0. The average Bonchev–Trinajstić information content (AvgIpc) is 2.21. The molecule has 0 fully saturated rings. The van der Waals surface area contributed by atoms with Crippen LogP contribution in [0.4, 0.5) is 0 Å². The van der Waals surface area contributed by atoms with Gasteiger partial charge in [0.1, 0.15) is 0 Å². The van der Waals surface area contributed by atoms with Gasteiger partial charge in [-0.15, -0.1) is 0 Å². The Kier molecular flexibility index (Phi) is 2.08. The summed E-state index contributed by atoms with van der Waals surface area (Å²) in [7, 11) is 0. The molecule has 0 N–H and O–H groups in total. The van der Waals surface area contributed by atoms with E-state index < -0.39 is 0 Å². The summed E-state index contributed by atoms with van der Waals surface area (Å²) >= 11 is 9.31. The van der Waals surface area contributed by atoms with E-state index in [1.165, 1.54) is 16.1 Å². The summed E-state index contributed by atoms with van der Waals surface area (Å²) in [6, 6.07) is 4.43. The topological polar surface area (TPSA) is 0 Å². The van der Waals surface area contributed by atoms with Crippen molar-refractivity contribution in [1.29, 1.82) is 0 Å². The van der Waals surface area contributed by atoms with Crippen LogP contribution >= 0.6 is 43.2 Å². The fraction of sp³-hybridized carbons (Fsp3) is 0. The molecular formula is C6H2Br2SSe. The molecule has 2 rings (SSSR count). The monoisotopic (exact) mass is 344 g/mol.